The number of nitriles is 1. The molecule has 5 aliphatic carbocycles. The monoisotopic (exact) mass is 401 g/mol. The van der Waals surface area contributed by atoms with Crippen LogP contribution in [0.5, 0.6) is 0 Å². The lowest BCUT2D eigenvalue weighted by Crippen LogP contribution is -2.56. The molecule has 6 heteroatoms. The average Bonchev–Trinajstić information content (AvgIpc) is 2.62. The fourth-order valence-corrected chi connectivity index (χ4v) is 6.97. The van der Waals surface area contributed by atoms with Gasteiger partial charge in [0.1, 0.15) is 11.4 Å². The number of aliphatic imine (C=N–C) groups is 1. The lowest BCUT2D eigenvalue weighted by Gasteiger charge is -2.57. The molecule has 5 aliphatic rings. The molecule has 0 aromatic carbocycles. The van der Waals surface area contributed by atoms with Gasteiger partial charge in [0.15, 0.2) is 6.19 Å². The van der Waals surface area contributed by atoms with Crippen LogP contribution in [0.15, 0.2) is 4.99 Å². The Morgan fingerprint density at radius 2 is 1.90 bits per heavy atom. The van der Waals surface area contributed by atoms with E-state index in [4.69, 9.17) is 9.73 Å². The standard InChI is InChI=1S/C23H35N3O3/c1-14-5-4-6-18(7-14)29-22(2,3)20(25-13-24)26-19-16-8-15-9-17(19)12-23(10-15,11-16)21(27)28/h14-19H,4-12H2,1-3H3,(H,25,26)(H,27,28). The number of nitrogens with one attached hydrogen (secondary N) is 1. The van der Waals surface area contributed by atoms with E-state index >= 15 is 0 Å². The summed E-state index contributed by atoms with van der Waals surface area (Å²) in [7, 11) is 0. The van der Waals surface area contributed by atoms with Crippen LogP contribution >= 0.6 is 0 Å². The van der Waals surface area contributed by atoms with Gasteiger partial charge in [0.2, 0.25) is 0 Å². The second kappa shape index (κ2) is 7.58. The van der Waals surface area contributed by atoms with Crippen molar-refractivity contribution >= 4 is 11.8 Å². The van der Waals surface area contributed by atoms with Crippen LogP contribution in [0, 0.1) is 40.5 Å². The first-order valence-corrected chi connectivity index (χ1v) is 11.4. The summed E-state index contributed by atoms with van der Waals surface area (Å²) in [5.41, 5.74) is -1.19. The zero-order valence-electron chi connectivity index (χ0n) is 18.0. The van der Waals surface area contributed by atoms with Crippen LogP contribution in [-0.4, -0.2) is 34.7 Å². The first-order chi connectivity index (χ1) is 13.7. The summed E-state index contributed by atoms with van der Waals surface area (Å²) in [5, 5.41) is 22.1. The minimum atomic E-state index is -0.656. The SMILES string of the molecule is CC1CCCC(OC(C)(C)C(=NC2C3CC4CC2CC(C(=O)O)(C4)C3)NC#N)C1. The van der Waals surface area contributed by atoms with Gasteiger partial charge in [0, 0.05) is 0 Å². The molecule has 0 aliphatic heterocycles. The van der Waals surface area contributed by atoms with Gasteiger partial charge in [-0.1, -0.05) is 19.8 Å². The highest BCUT2D eigenvalue weighted by Gasteiger charge is 2.59. The first kappa shape index (κ1) is 20.7. The highest BCUT2D eigenvalue weighted by molar-refractivity contribution is 5.91. The van der Waals surface area contributed by atoms with Gasteiger partial charge in [-0.15, -0.1) is 0 Å². The van der Waals surface area contributed by atoms with Crippen molar-refractivity contribution in [1.82, 2.24) is 5.32 Å². The van der Waals surface area contributed by atoms with Gasteiger partial charge >= 0.3 is 5.97 Å². The third kappa shape index (κ3) is 3.91. The summed E-state index contributed by atoms with van der Waals surface area (Å²) in [5.74, 6) is 1.79. The van der Waals surface area contributed by atoms with Crippen LogP contribution in [0.4, 0.5) is 0 Å². The lowest BCUT2D eigenvalue weighted by atomic mass is 9.48. The summed E-state index contributed by atoms with van der Waals surface area (Å²) in [4.78, 5) is 17.1. The minimum Gasteiger partial charge on any atom is -0.481 e. The molecule has 5 fully saturated rings. The molecule has 0 heterocycles. The third-order valence-electron chi connectivity index (χ3n) is 8.05. The Balaban J connectivity index is 1.54. The number of rotatable bonds is 5. The zero-order chi connectivity index (χ0) is 20.8. The van der Waals surface area contributed by atoms with E-state index in [1.807, 2.05) is 13.8 Å². The fourth-order valence-electron chi connectivity index (χ4n) is 6.97. The molecule has 4 unspecified atom stereocenters. The zero-order valence-corrected chi connectivity index (χ0v) is 18.0. The summed E-state index contributed by atoms with van der Waals surface area (Å²) >= 11 is 0. The predicted molar refractivity (Wildman–Crippen MR) is 110 cm³/mol. The van der Waals surface area contributed by atoms with Crippen molar-refractivity contribution in [3.8, 4) is 6.19 Å². The van der Waals surface area contributed by atoms with Crippen molar-refractivity contribution in [3.05, 3.63) is 0 Å². The number of carboxylic acid groups (broad SMARTS) is 1. The molecule has 160 valence electrons. The molecule has 6 nitrogen and oxygen atoms in total. The molecule has 4 bridgehead atoms. The van der Waals surface area contributed by atoms with Crippen molar-refractivity contribution in [3.63, 3.8) is 0 Å². The minimum absolute atomic E-state index is 0.100. The van der Waals surface area contributed by atoms with Gasteiger partial charge in [-0.2, -0.15) is 5.26 Å². The van der Waals surface area contributed by atoms with Gasteiger partial charge in [-0.25, -0.2) is 0 Å². The topological polar surface area (TPSA) is 94.7 Å². The maximum Gasteiger partial charge on any atom is 0.309 e. The second-order valence-corrected chi connectivity index (χ2v) is 10.8. The van der Waals surface area contributed by atoms with Crippen molar-refractivity contribution in [2.75, 3.05) is 0 Å². The maximum absolute atomic E-state index is 12.0. The van der Waals surface area contributed by atoms with Crippen LogP contribution in [0.3, 0.4) is 0 Å². The van der Waals surface area contributed by atoms with E-state index in [9.17, 15) is 15.2 Å². The molecule has 0 amide bonds. The number of nitrogens with zero attached hydrogens (tertiary/aromatic N) is 2. The van der Waals surface area contributed by atoms with Crippen molar-refractivity contribution in [2.24, 2.45) is 34.1 Å². The quantitative estimate of drug-likeness (QED) is 0.313. The molecule has 5 rings (SSSR count). The Bertz CT molecular complexity index is 709. The smallest absolute Gasteiger partial charge is 0.309 e. The Morgan fingerprint density at radius 1 is 1.21 bits per heavy atom. The largest absolute Gasteiger partial charge is 0.481 e. The molecule has 0 spiro atoms. The van der Waals surface area contributed by atoms with Gasteiger partial charge in [0.25, 0.3) is 0 Å². The predicted octanol–water partition coefficient (Wildman–Crippen LogP) is 4.11. The van der Waals surface area contributed by atoms with E-state index in [-0.39, 0.29) is 12.1 Å². The Labute approximate surface area is 174 Å². The van der Waals surface area contributed by atoms with E-state index in [0.717, 1.165) is 44.9 Å². The van der Waals surface area contributed by atoms with Crippen molar-refractivity contribution in [1.29, 1.82) is 5.26 Å². The van der Waals surface area contributed by atoms with Crippen LogP contribution in [-0.2, 0) is 9.53 Å². The van der Waals surface area contributed by atoms with Crippen LogP contribution in [0.25, 0.3) is 0 Å². The fraction of sp³-hybridized carbons (Fsp3) is 0.870. The van der Waals surface area contributed by atoms with Crippen LogP contribution in [0.2, 0.25) is 0 Å². The summed E-state index contributed by atoms with van der Waals surface area (Å²) in [6.45, 7) is 6.28. The van der Waals surface area contributed by atoms with Crippen LogP contribution < -0.4 is 5.32 Å². The number of hydrogen-bond donors (Lipinski definition) is 2. The van der Waals surface area contributed by atoms with Gasteiger partial charge in [-0.05, 0) is 82.5 Å². The van der Waals surface area contributed by atoms with E-state index in [2.05, 4.69) is 18.4 Å². The first-order valence-electron chi connectivity index (χ1n) is 11.4. The molecule has 29 heavy (non-hydrogen) atoms. The van der Waals surface area contributed by atoms with Gasteiger partial charge < -0.3 is 9.84 Å². The Kier molecular flexibility index (Phi) is 5.40. The molecule has 0 saturated heterocycles. The van der Waals surface area contributed by atoms with E-state index < -0.39 is 17.0 Å². The molecule has 0 aromatic rings. The highest BCUT2D eigenvalue weighted by atomic mass is 16.5. The third-order valence-corrected chi connectivity index (χ3v) is 8.05. The molecule has 0 radical (unpaired) electrons. The number of carbonyl (C=O) groups is 1. The molecule has 5 saturated carbocycles. The van der Waals surface area contributed by atoms with E-state index in [1.165, 1.54) is 12.8 Å². The summed E-state index contributed by atoms with van der Waals surface area (Å²) in [6.07, 6.45) is 11.3. The Hall–Kier alpha value is -1.61. The lowest BCUT2D eigenvalue weighted by molar-refractivity contribution is -0.166. The number of aliphatic carboxylic acids is 1. The normalized spacial score (nSPS) is 41.8. The molecule has 2 N–H and O–H groups in total. The molecule has 4 atom stereocenters. The van der Waals surface area contributed by atoms with Crippen molar-refractivity contribution < 1.29 is 14.6 Å². The van der Waals surface area contributed by atoms with E-state index in [1.54, 1.807) is 0 Å². The number of amidine groups is 1. The molecular weight excluding hydrogens is 366 g/mol. The van der Waals surface area contributed by atoms with E-state index in [0.29, 0.717) is 29.5 Å². The average molecular weight is 402 g/mol. The number of hydrogen-bond acceptors (Lipinski definition) is 4. The number of carboxylic acids is 1. The molecular formula is C23H35N3O3. The van der Waals surface area contributed by atoms with Gasteiger partial charge in [-0.3, -0.25) is 15.1 Å². The van der Waals surface area contributed by atoms with Crippen molar-refractivity contribution in [2.45, 2.75) is 96.3 Å². The summed E-state index contributed by atoms with van der Waals surface area (Å²) < 4.78 is 6.48. The molecule has 0 aromatic heterocycles. The maximum atomic E-state index is 12.0. The highest BCUT2D eigenvalue weighted by Crippen LogP contribution is 2.61. The second-order valence-electron chi connectivity index (χ2n) is 10.8. The summed E-state index contributed by atoms with van der Waals surface area (Å²) in [6, 6.07) is 0.100. The Morgan fingerprint density at radius 3 is 2.48 bits per heavy atom. The van der Waals surface area contributed by atoms with Crippen LogP contribution in [0.1, 0.15) is 78.6 Å². The number of ether oxygens (including phenoxy) is 1. The van der Waals surface area contributed by atoms with Gasteiger partial charge in [0.05, 0.1) is 17.6 Å².